The van der Waals surface area contributed by atoms with Crippen molar-refractivity contribution in [2.75, 3.05) is 0 Å². The number of benzene rings is 1. The standard InChI is InChI=1S/C13H12F3N3O2/c1-9-12(20-9,6-19-8-17-7-18-19)10-2-4-11(5-3-10)21-13(14,15)16/h2-5,7-9H,6H2,1H3/t9-,12+/m0/s1. The van der Waals surface area contributed by atoms with Crippen molar-refractivity contribution >= 4 is 0 Å². The van der Waals surface area contributed by atoms with Gasteiger partial charge in [0.1, 0.15) is 24.0 Å². The number of nitrogens with zero attached hydrogens (tertiary/aromatic N) is 3. The van der Waals surface area contributed by atoms with E-state index in [-0.39, 0.29) is 11.9 Å². The monoisotopic (exact) mass is 299 g/mol. The lowest BCUT2D eigenvalue weighted by molar-refractivity contribution is -0.274. The summed E-state index contributed by atoms with van der Waals surface area (Å²) in [4.78, 5) is 3.86. The van der Waals surface area contributed by atoms with Gasteiger partial charge in [0.05, 0.1) is 12.6 Å². The van der Waals surface area contributed by atoms with Gasteiger partial charge in [-0.3, -0.25) is 0 Å². The van der Waals surface area contributed by atoms with Crippen LogP contribution >= 0.6 is 0 Å². The zero-order valence-corrected chi connectivity index (χ0v) is 11.0. The first-order valence-corrected chi connectivity index (χ1v) is 6.25. The van der Waals surface area contributed by atoms with Gasteiger partial charge in [0.2, 0.25) is 0 Å². The van der Waals surface area contributed by atoms with Gasteiger partial charge < -0.3 is 9.47 Å². The number of rotatable bonds is 4. The molecule has 0 N–H and O–H groups in total. The van der Waals surface area contributed by atoms with Crippen LogP contribution in [0.1, 0.15) is 12.5 Å². The van der Waals surface area contributed by atoms with Crippen molar-refractivity contribution in [1.29, 1.82) is 0 Å². The lowest BCUT2D eigenvalue weighted by Gasteiger charge is -2.14. The van der Waals surface area contributed by atoms with Crippen LogP contribution < -0.4 is 4.74 Å². The highest BCUT2D eigenvalue weighted by Gasteiger charge is 2.55. The van der Waals surface area contributed by atoms with E-state index in [1.807, 2.05) is 6.92 Å². The highest BCUT2D eigenvalue weighted by molar-refractivity contribution is 5.34. The highest BCUT2D eigenvalue weighted by Crippen LogP contribution is 2.47. The normalized spacial score (nSPS) is 24.9. The number of alkyl halides is 3. The van der Waals surface area contributed by atoms with Crippen LogP contribution in [0.2, 0.25) is 0 Å². The van der Waals surface area contributed by atoms with Gasteiger partial charge in [0.15, 0.2) is 0 Å². The molecule has 1 fully saturated rings. The van der Waals surface area contributed by atoms with Crippen LogP contribution in [0.4, 0.5) is 13.2 Å². The molecule has 2 aromatic rings. The Morgan fingerprint density at radius 3 is 2.48 bits per heavy atom. The van der Waals surface area contributed by atoms with Gasteiger partial charge in [-0.15, -0.1) is 13.2 Å². The molecule has 0 amide bonds. The van der Waals surface area contributed by atoms with E-state index >= 15 is 0 Å². The minimum absolute atomic E-state index is 0.0453. The molecule has 1 saturated heterocycles. The molecule has 1 aromatic carbocycles. The Hall–Kier alpha value is -2.09. The Kier molecular flexibility index (Phi) is 3.12. The van der Waals surface area contributed by atoms with Crippen LogP contribution in [0.25, 0.3) is 0 Å². The average molecular weight is 299 g/mol. The fourth-order valence-electron chi connectivity index (χ4n) is 2.34. The Morgan fingerprint density at radius 2 is 2.00 bits per heavy atom. The Morgan fingerprint density at radius 1 is 1.33 bits per heavy atom. The molecular formula is C13H12F3N3O2. The molecule has 3 rings (SSSR count). The molecule has 112 valence electrons. The molecular weight excluding hydrogens is 287 g/mol. The van der Waals surface area contributed by atoms with E-state index in [1.54, 1.807) is 23.1 Å². The van der Waals surface area contributed by atoms with Gasteiger partial charge in [-0.05, 0) is 24.6 Å². The van der Waals surface area contributed by atoms with Gasteiger partial charge in [-0.1, -0.05) is 12.1 Å². The summed E-state index contributed by atoms with van der Waals surface area (Å²) < 4.78 is 47.5. The molecule has 1 aromatic heterocycles. The summed E-state index contributed by atoms with van der Waals surface area (Å²) in [6, 6.07) is 5.70. The van der Waals surface area contributed by atoms with Gasteiger partial charge in [0.25, 0.3) is 0 Å². The van der Waals surface area contributed by atoms with Crippen LogP contribution in [-0.2, 0) is 16.9 Å². The summed E-state index contributed by atoms with van der Waals surface area (Å²) >= 11 is 0. The zero-order valence-electron chi connectivity index (χ0n) is 11.0. The predicted molar refractivity (Wildman–Crippen MR) is 65.4 cm³/mol. The molecule has 0 saturated carbocycles. The van der Waals surface area contributed by atoms with E-state index in [0.29, 0.717) is 6.54 Å². The second-order valence-corrected chi connectivity index (χ2v) is 4.81. The largest absolute Gasteiger partial charge is 0.573 e. The van der Waals surface area contributed by atoms with Gasteiger partial charge in [-0.2, -0.15) is 5.10 Å². The first kappa shape index (κ1) is 13.9. The van der Waals surface area contributed by atoms with E-state index in [9.17, 15) is 13.2 Å². The van der Waals surface area contributed by atoms with Crippen molar-refractivity contribution < 1.29 is 22.6 Å². The number of hydrogen-bond acceptors (Lipinski definition) is 4. The first-order chi connectivity index (χ1) is 9.89. The molecule has 0 aliphatic carbocycles. The third-order valence-corrected chi connectivity index (χ3v) is 3.43. The second-order valence-electron chi connectivity index (χ2n) is 4.81. The summed E-state index contributed by atoms with van der Waals surface area (Å²) in [6.45, 7) is 2.35. The highest BCUT2D eigenvalue weighted by atomic mass is 19.4. The topological polar surface area (TPSA) is 52.5 Å². The average Bonchev–Trinajstić information content (AvgIpc) is 2.83. The van der Waals surface area contributed by atoms with E-state index in [4.69, 9.17) is 4.74 Å². The van der Waals surface area contributed by atoms with Crippen LogP contribution in [0.5, 0.6) is 5.75 Å². The fraction of sp³-hybridized carbons (Fsp3) is 0.385. The lowest BCUT2D eigenvalue weighted by Crippen LogP contribution is -2.21. The molecule has 0 spiro atoms. The van der Waals surface area contributed by atoms with Crippen LogP contribution in [0.3, 0.4) is 0 Å². The van der Waals surface area contributed by atoms with Crippen molar-refractivity contribution in [2.24, 2.45) is 0 Å². The maximum Gasteiger partial charge on any atom is 0.573 e. The number of aromatic nitrogens is 3. The van der Waals surface area contributed by atoms with E-state index < -0.39 is 12.0 Å². The molecule has 2 atom stereocenters. The smallest absolute Gasteiger partial charge is 0.406 e. The third kappa shape index (κ3) is 2.85. The summed E-state index contributed by atoms with van der Waals surface area (Å²) in [5.74, 6) is -0.254. The molecule has 1 aliphatic rings. The minimum Gasteiger partial charge on any atom is -0.406 e. The molecule has 0 bridgehead atoms. The van der Waals surface area contributed by atoms with Crippen LogP contribution in [0.15, 0.2) is 36.9 Å². The molecule has 21 heavy (non-hydrogen) atoms. The number of hydrogen-bond donors (Lipinski definition) is 0. The Balaban J connectivity index is 1.79. The SMILES string of the molecule is C[C@@H]1O[C@@]1(Cn1cncn1)c1ccc(OC(F)(F)F)cc1. The number of ether oxygens (including phenoxy) is 2. The van der Waals surface area contributed by atoms with E-state index in [0.717, 1.165) is 5.56 Å². The van der Waals surface area contributed by atoms with Gasteiger partial charge >= 0.3 is 6.36 Å². The number of epoxide rings is 1. The second kappa shape index (κ2) is 4.73. The molecule has 1 aliphatic heterocycles. The summed E-state index contributed by atoms with van der Waals surface area (Å²) in [5.41, 5.74) is 0.199. The van der Waals surface area contributed by atoms with Crippen molar-refractivity contribution in [1.82, 2.24) is 14.8 Å². The predicted octanol–water partition coefficient (Wildman–Crippen LogP) is 2.49. The maximum absolute atomic E-state index is 12.1. The molecule has 0 unspecified atom stereocenters. The van der Waals surface area contributed by atoms with Crippen molar-refractivity contribution in [2.45, 2.75) is 31.5 Å². The summed E-state index contributed by atoms with van der Waals surface area (Å²) in [5, 5.41) is 4.02. The maximum atomic E-state index is 12.1. The first-order valence-electron chi connectivity index (χ1n) is 6.25. The zero-order chi connectivity index (χ0) is 15.1. The van der Waals surface area contributed by atoms with Crippen molar-refractivity contribution in [3.05, 3.63) is 42.5 Å². The van der Waals surface area contributed by atoms with Gasteiger partial charge in [0, 0.05) is 0 Å². The summed E-state index contributed by atoms with van der Waals surface area (Å²) in [6.07, 6.45) is -1.75. The Labute approximate surface area is 118 Å². The van der Waals surface area contributed by atoms with Crippen molar-refractivity contribution in [3.63, 3.8) is 0 Å². The van der Waals surface area contributed by atoms with Gasteiger partial charge in [-0.25, -0.2) is 9.67 Å². The fourth-order valence-corrected chi connectivity index (χ4v) is 2.34. The third-order valence-electron chi connectivity index (χ3n) is 3.43. The molecule has 8 heteroatoms. The molecule has 2 heterocycles. The van der Waals surface area contributed by atoms with Crippen LogP contribution in [-0.4, -0.2) is 27.2 Å². The van der Waals surface area contributed by atoms with E-state index in [2.05, 4.69) is 14.8 Å². The van der Waals surface area contributed by atoms with Crippen molar-refractivity contribution in [3.8, 4) is 5.75 Å². The lowest BCUT2D eigenvalue weighted by atomic mass is 9.96. The minimum atomic E-state index is -4.69. The van der Waals surface area contributed by atoms with E-state index in [1.165, 1.54) is 18.5 Å². The van der Waals surface area contributed by atoms with Crippen LogP contribution in [0, 0.1) is 0 Å². The Bertz CT molecular complexity index is 613. The molecule has 5 nitrogen and oxygen atoms in total. The molecule has 0 radical (unpaired) electrons. The quantitative estimate of drug-likeness (QED) is 0.814. The summed E-state index contributed by atoms with van der Waals surface area (Å²) in [7, 11) is 0. The number of halogens is 3.